The number of rotatable bonds is 8. The first-order valence-electron chi connectivity index (χ1n) is 7.04. The number of hydrogen-bond acceptors (Lipinski definition) is 3. The topological polar surface area (TPSA) is 27.7 Å². The van der Waals surface area contributed by atoms with Gasteiger partial charge in [-0.2, -0.15) is 0 Å². The standard InChI is InChI=1S/C13H27O3Si/c1-4-14-17(15-5-2,16-6-3)12-13-10-8-7-9-11-13/h12-13H,4-11H2,1-3H3. The smallest absolute Gasteiger partial charge is 0.374 e. The molecule has 1 rings (SSSR count). The molecule has 0 unspecified atom stereocenters. The van der Waals surface area contributed by atoms with Crippen molar-refractivity contribution in [2.45, 2.75) is 52.9 Å². The molecule has 0 saturated heterocycles. The fourth-order valence-corrected chi connectivity index (χ4v) is 5.12. The third kappa shape index (κ3) is 5.08. The van der Waals surface area contributed by atoms with Crippen LogP contribution in [0.25, 0.3) is 0 Å². The van der Waals surface area contributed by atoms with Gasteiger partial charge in [-0.15, -0.1) is 0 Å². The predicted octanol–water partition coefficient (Wildman–Crippen LogP) is 3.36. The Kier molecular flexibility index (Phi) is 7.35. The van der Waals surface area contributed by atoms with E-state index < -0.39 is 8.80 Å². The maximum absolute atomic E-state index is 5.85. The summed E-state index contributed by atoms with van der Waals surface area (Å²) in [5, 5.41) is 0. The van der Waals surface area contributed by atoms with E-state index in [1.165, 1.54) is 32.1 Å². The molecule has 1 saturated carbocycles. The van der Waals surface area contributed by atoms with E-state index in [2.05, 4.69) is 6.04 Å². The first kappa shape index (κ1) is 15.2. The minimum absolute atomic E-state index is 0.625. The Morgan fingerprint density at radius 2 is 1.35 bits per heavy atom. The summed E-state index contributed by atoms with van der Waals surface area (Å²) in [6.07, 6.45) is 6.56. The van der Waals surface area contributed by atoms with Gasteiger partial charge in [-0.1, -0.05) is 32.1 Å². The van der Waals surface area contributed by atoms with E-state index in [1.54, 1.807) is 0 Å². The van der Waals surface area contributed by atoms with Crippen LogP contribution in [-0.4, -0.2) is 28.6 Å². The highest BCUT2D eigenvalue weighted by molar-refractivity contribution is 6.64. The van der Waals surface area contributed by atoms with Gasteiger partial charge in [0.2, 0.25) is 0 Å². The first-order chi connectivity index (χ1) is 8.26. The van der Waals surface area contributed by atoms with Crippen LogP contribution < -0.4 is 0 Å². The minimum atomic E-state index is -2.51. The fourth-order valence-electron chi connectivity index (χ4n) is 2.46. The normalized spacial score (nSPS) is 18.5. The molecule has 0 aromatic heterocycles. The van der Waals surface area contributed by atoms with Gasteiger partial charge < -0.3 is 13.3 Å². The highest BCUT2D eigenvalue weighted by atomic mass is 28.4. The Morgan fingerprint density at radius 1 is 0.882 bits per heavy atom. The van der Waals surface area contributed by atoms with Gasteiger partial charge in [0.05, 0.1) is 0 Å². The molecule has 0 aliphatic heterocycles. The Balaban J connectivity index is 2.57. The molecule has 3 nitrogen and oxygen atoms in total. The summed E-state index contributed by atoms with van der Waals surface area (Å²) < 4.78 is 17.6. The Morgan fingerprint density at radius 3 is 1.76 bits per heavy atom. The first-order valence-corrected chi connectivity index (χ1v) is 8.84. The average Bonchev–Trinajstić information content (AvgIpc) is 2.31. The van der Waals surface area contributed by atoms with Gasteiger partial charge in [0.25, 0.3) is 0 Å². The van der Waals surface area contributed by atoms with Crippen LogP contribution in [-0.2, 0) is 13.3 Å². The van der Waals surface area contributed by atoms with Crippen LogP contribution in [0, 0.1) is 12.0 Å². The molecule has 1 radical (unpaired) electrons. The summed E-state index contributed by atoms with van der Waals surface area (Å²) in [4.78, 5) is 0. The van der Waals surface area contributed by atoms with E-state index in [0.717, 1.165) is 0 Å². The molecular formula is C13H27O3Si. The lowest BCUT2D eigenvalue weighted by atomic mass is 9.91. The molecule has 1 aliphatic rings. The second kappa shape index (κ2) is 8.24. The molecule has 0 aromatic carbocycles. The van der Waals surface area contributed by atoms with E-state index in [-0.39, 0.29) is 0 Å². The largest absolute Gasteiger partial charge is 0.504 e. The molecular weight excluding hydrogens is 232 g/mol. The van der Waals surface area contributed by atoms with Crippen molar-refractivity contribution in [2.24, 2.45) is 5.92 Å². The van der Waals surface area contributed by atoms with E-state index in [4.69, 9.17) is 13.3 Å². The maximum atomic E-state index is 5.85. The quantitative estimate of drug-likeness (QED) is 0.626. The lowest BCUT2D eigenvalue weighted by molar-refractivity contribution is 0.0751. The molecule has 0 aromatic rings. The zero-order chi connectivity index (χ0) is 12.6. The summed E-state index contributed by atoms with van der Waals surface area (Å²) in [6.45, 7) is 8.01. The monoisotopic (exact) mass is 259 g/mol. The third-order valence-electron chi connectivity index (χ3n) is 3.13. The van der Waals surface area contributed by atoms with Gasteiger partial charge in [0.15, 0.2) is 0 Å². The SMILES string of the molecule is CCO[Si]([CH]C1CCCCC1)(OCC)OCC. The summed E-state index contributed by atoms with van der Waals surface area (Å²) in [6, 6.07) is 2.28. The second-order valence-corrected chi connectivity index (χ2v) is 6.87. The molecule has 101 valence electrons. The zero-order valence-corrected chi connectivity index (χ0v) is 12.5. The minimum Gasteiger partial charge on any atom is -0.374 e. The molecule has 1 aliphatic carbocycles. The van der Waals surface area contributed by atoms with Crippen molar-refractivity contribution >= 4 is 8.80 Å². The highest BCUT2D eigenvalue weighted by Crippen LogP contribution is 2.30. The van der Waals surface area contributed by atoms with Crippen molar-refractivity contribution in [3.63, 3.8) is 0 Å². The third-order valence-corrected chi connectivity index (χ3v) is 6.08. The van der Waals surface area contributed by atoms with Gasteiger partial charge in [-0.3, -0.25) is 0 Å². The summed E-state index contributed by atoms with van der Waals surface area (Å²) in [5.74, 6) is 0.625. The molecule has 0 heterocycles. The van der Waals surface area contributed by atoms with Crippen LogP contribution in [0.15, 0.2) is 0 Å². The van der Waals surface area contributed by atoms with Crippen LogP contribution in [0.4, 0.5) is 0 Å². The van der Waals surface area contributed by atoms with Gasteiger partial charge in [-0.25, -0.2) is 0 Å². The van der Waals surface area contributed by atoms with Crippen molar-refractivity contribution in [1.29, 1.82) is 0 Å². The van der Waals surface area contributed by atoms with Crippen LogP contribution >= 0.6 is 0 Å². The molecule has 0 N–H and O–H groups in total. The van der Waals surface area contributed by atoms with Crippen molar-refractivity contribution in [3.8, 4) is 0 Å². The molecule has 1 fully saturated rings. The molecule has 0 atom stereocenters. The molecule has 0 bridgehead atoms. The van der Waals surface area contributed by atoms with Crippen LogP contribution in [0.3, 0.4) is 0 Å². The zero-order valence-electron chi connectivity index (χ0n) is 11.5. The summed E-state index contributed by atoms with van der Waals surface area (Å²) in [5.41, 5.74) is 0. The van der Waals surface area contributed by atoms with Gasteiger partial charge in [0.1, 0.15) is 0 Å². The van der Waals surface area contributed by atoms with Crippen molar-refractivity contribution in [1.82, 2.24) is 0 Å². The van der Waals surface area contributed by atoms with Crippen molar-refractivity contribution in [3.05, 3.63) is 6.04 Å². The van der Waals surface area contributed by atoms with E-state index in [9.17, 15) is 0 Å². The average molecular weight is 259 g/mol. The van der Waals surface area contributed by atoms with Crippen LogP contribution in [0.2, 0.25) is 0 Å². The van der Waals surface area contributed by atoms with Crippen molar-refractivity contribution < 1.29 is 13.3 Å². The van der Waals surface area contributed by atoms with Crippen LogP contribution in [0.1, 0.15) is 52.9 Å². The second-order valence-electron chi connectivity index (χ2n) is 4.47. The Hall–Kier alpha value is 0.0969. The molecule has 0 spiro atoms. The number of hydrogen-bond donors (Lipinski definition) is 0. The molecule has 17 heavy (non-hydrogen) atoms. The van der Waals surface area contributed by atoms with Gasteiger partial charge >= 0.3 is 8.80 Å². The maximum Gasteiger partial charge on any atom is 0.504 e. The van der Waals surface area contributed by atoms with E-state index >= 15 is 0 Å². The van der Waals surface area contributed by atoms with E-state index in [0.29, 0.717) is 25.7 Å². The van der Waals surface area contributed by atoms with Gasteiger partial charge in [0, 0.05) is 25.9 Å². The molecule has 0 amide bonds. The van der Waals surface area contributed by atoms with E-state index in [1.807, 2.05) is 20.8 Å². The summed E-state index contributed by atoms with van der Waals surface area (Å²) in [7, 11) is -2.51. The lowest BCUT2D eigenvalue weighted by Gasteiger charge is -2.32. The van der Waals surface area contributed by atoms with Crippen LogP contribution in [0.5, 0.6) is 0 Å². The lowest BCUT2D eigenvalue weighted by Crippen LogP contribution is -2.49. The van der Waals surface area contributed by atoms with Gasteiger partial charge in [-0.05, 0) is 26.7 Å². The predicted molar refractivity (Wildman–Crippen MR) is 71.5 cm³/mol. The van der Waals surface area contributed by atoms with Crippen molar-refractivity contribution in [2.75, 3.05) is 19.8 Å². The highest BCUT2D eigenvalue weighted by Gasteiger charge is 2.43. The Labute approximate surface area is 107 Å². The summed E-state index contributed by atoms with van der Waals surface area (Å²) >= 11 is 0. The Bertz CT molecular complexity index is 176. The fraction of sp³-hybridized carbons (Fsp3) is 0.923. The molecule has 4 heteroatoms.